The molecular weight excluding hydrogens is 302 g/mol. The van der Waals surface area contributed by atoms with E-state index in [0.717, 1.165) is 17.8 Å². The van der Waals surface area contributed by atoms with E-state index in [-0.39, 0.29) is 22.9 Å². The van der Waals surface area contributed by atoms with Gasteiger partial charge in [0.05, 0.1) is 0 Å². The van der Waals surface area contributed by atoms with Crippen molar-refractivity contribution in [1.29, 1.82) is 0 Å². The fourth-order valence-corrected chi connectivity index (χ4v) is 3.82. The van der Waals surface area contributed by atoms with Crippen LogP contribution in [0, 0.1) is 17.3 Å². The molecule has 0 saturated carbocycles. The molecule has 1 aromatic heterocycles. The fraction of sp³-hybridized carbons (Fsp3) is 0.550. The highest BCUT2D eigenvalue weighted by Crippen LogP contribution is 2.47. The summed E-state index contributed by atoms with van der Waals surface area (Å²) < 4.78 is 6.07. The Morgan fingerprint density at radius 1 is 1.33 bits per heavy atom. The Kier molecular flexibility index (Phi) is 4.33. The summed E-state index contributed by atoms with van der Waals surface area (Å²) >= 11 is 0. The maximum atomic E-state index is 12.9. The molecule has 128 valence electrons. The molecule has 3 rings (SSSR count). The van der Waals surface area contributed by atoms with Crippen LogP contribution in [-0.2, 0) is 9.53 Å². The van der Waals surface area contributed by atoms with E-state index < -0.39 is 6.10 Å². The average Bonchev–Trinajstić information content (AvgIpc) is 2.83. The van der Waals surface area contributed by atoms with Crippen LogP contribution in [-0.4, -0.2) is 22.7 Å². The van der Waals surface area contributed by atoms with Gasteiger partial charge in [0, 0.05) is 30.5 Å². The molecule has 0 unspecified atom stereocenters. The van der Waals surface area contributed by atoms with Crippen molar-refractivity contribution in [3.8, 4) is 0 Å². The number of ether oxygens (including phenoxy) is 1. The molecule has 1 aromatic rings. The zero-order valence-corrected chi connectivity index (χ0v) is 14.8. The van der Waals surface area contributed by atoms with Crippen molar-refractivity contribution < 1.29 is 14.3 Å². The Morgan fingerprint density at radius 3 is 2.71 bits per heavy atom. The predicted molar refractivity (Wildman–Crippen MR) is 91.4 cm³/mol. The highest BCUT2D eigenvalue weighted by Gasteiger charge is 2.48. The van der Waals surface area contributed by atoms with Gasteiger partial charge < -0.3 is 4.74 Å². The summed E-state index contributed by atoms with van der Waals surface area (Å²) in [4.78, 5) is 29.8. The minimum atomic E-state index is -0.620. The van der Waals surface area contributed by atoms with E-state index >= 15 is 0 Å². The molecule has 1 aliphatic heterocycles. The lowest BCUT2D eigenvalue weighted by atomic mass is 9.72. The van der Waals surface area contributed by atoms with Crippen molar-refractivity contribution >= 4 is 11.6 Å². The summed E-state index contributed by atoms with van der Waals surface area (Å²) in [6.07, 6.45) is 3.00. The van der Waals surface area contributed by atoms with Crippen LogP contribution < -0.4 is 0 Å². The molecule has 0 fully saturated rings. The summed E-state index contributed by atoms with van der Waals surface area (Å²) in [5.41, 5.74) is 1.06. The topological polar surface area (TPSA) is 56.3 Å². The van der Waals surface area contributed by atoms with E-state index in [1.54, 1.807) is 24.4 Å². The summed E-state index contributed by atoms with van der Waals surface area (Å²) in [6, 6.07) is 5.29. The summed E-state index contributed by atoms with van der Waals surface area (Å²) in [5, 5.41) is 0. The average molecular weight is 327 g/mol. The van der Waals surface area contributed by atoms with Crippen LogP contribution in [0.5, 0.6) is 0 Å². The number of pyridine rings is 1. The molecule has 0 N–H and O–H groups in total. The molecule has 0 amide bonds. The molecule has 4 nitrogen and oxygen atoms in total. The van der Waals surface area contributed by atoms with Crippen LogP contribution in [0.1, 0.15) is 57.4 Å². The first kappa shape index (κ1) is 16.9. The number of carbonyl (C=O) groups is 2. The number of ketones is 2. The van der Waals surface area contributed by atoms with E-state index in [0.29, 0.717) is 24.5 Å². The van der Waals surface area contributed by atoms with Crippen LogP contribution in [0.4, 0.5) is 0 Å². The van der Waals surface area contributed by atoms with Crippen LogP contribution in [0.3, 0.4) is 0 Å². The molecule has 0 bridgehead atoms. The van der Waals surface area contributed by atoms with Crippen LogP contribution in [0.2, 0.25) is 0 Å². The minimum absolute atomic E-state index is 0.110. The highest BCUT2D eigenvalue weighted by atomic mass is 16.5. The fourth-order valence-electron chi connectivity index (χ4n) is 3.82. The van der Waals surface area contributed by atoms with Crippen molar-refractivity contribution in [2.24, 2.45) is 17.3 Å². The molecule has 0 spiro atoms. The van der Waals surface area contributed by atoms with E-state index in [1.807, 2.05) is 0 Å². The zero-order chi connectivity index (χ0) is 17.5. The smallest absolute Gasteiger partial charge is 0.222 e. The quantitative estimate of drug-likeness (QED) is 0.785. The van der Waals surface area contributed by atoms with Gasteiger partial charge in [-0.05, 0) is 29.9 Å². The van der Waals surface area contributed by atoms with Crippen LogP contribution >= 0.6 is 0 Å². The number of nitrogens with zero attached hydrogens (tertiary/aromatic N) is 1. The Hall–Kier alpha value is -1.97. The number of hydrogen-bond acceptors (Lipinski definition) is 4. The van der Waals surface area contributed by atoms with E-state index in [9.17, 15) is 9.59 Å². The van der Waals surface area contributed by atoms with Crippen molar-refractivity contribution in [3.05, 3.63) is 41.4 Å². The molecule has 4 heteroatoms. The molecule has 0 radical (unpaired) electrons. The molecule has 0 saturated heterocycles. The number of Topliss-reactive ketones (excluding diaryl/α,β-unsaturated/α-hetero) is 2. The molecule has 2 heterocycles. The standard InChI is InChI=1S/C20H25NO3/c1-12(2)9-13-17-15(22)10-20(3,4)11-16(17)24-19(13)18(23)14-7-5-6-8-21-14/h5-8,12-13,19H,9-11H2,1-4H3/t13-,19-/m1/s1. The lowest BCUT2D eigenvalue weighted by Gasteiger charge is -2.29. The van der Waals surface area contributed by atoms with Gasteiger partial charge in [-0.15, -0.1) is 0 Å². The Bertz CT molecular complexity index is 688. The Morgan fingerprint density at radius 2 is 2.08 bits per heavy atom. The molecule has 2 aliphatic rings. The van der Waals surface area contributed by atoms with E-state index in [2.05, 4.69) is 32.7 Å². The van der Waals surface area contributed by atoms with Gasteiger partial charge in [-0.2, -0.15) is 0 Å². The molecular formula is C20H25NO3. The lowest BCUT2D eigenvalue weighted by molar-refractivity contribution is -0.118. The third kappa shape index (κ3) is 3.14. The second-order valence-corrected chi connectivity index (χ2v) is 8.13. The third-order valence-corrected chi connectivity index (χ3v) is 4.79. The predicted octanol–water partition coefficient (Wildman–Crippen LogP) is 3.97. The van der Waals surface area contributed by atoms with Crippen molar-refractivity contribution in [3.63, 3.8) is 0 Å². The second kappa shape index (κ2) is 6.15. The van der Waals surface area contributed by atoms with Gasteiger partial charge in [0.25, 0.3) is 0 Å². The third-order valence-electron chi connectivity index (χ3n) is 4.79. The van der Waals surface area contributed by atoms with Gasteiger partial charge in [0.1, 0.15) is 11.5 Å². The first-order valence-corrected chi connectivity index (χ1v) is 8.66. The second-order valence-electron chi connectivity index (χ2n) is 8.13. The van der Waals surface area contributed by atoms with Gasteiger partial charge >= 0.3 is 0 Å². The summed E-state index contributed by atoms with van der Waals surface area (Å²) in [7, 11) is 0. The number of carbonyl (C=O) groups excluding carboxylic acids is 2. The number of hydrogen-bond donors (Lipinski definition) is 0. The first-order chi connectivity index (χ1) is 11.3. The van der Waals surface area contributed by atoms with E-state index in [4.69, 9.17) is 4.74 Å². The first-order valence-electron chi connectivity index (χ1n) is 8.66. The van der Waals surface area contributed by atoms with Crippen LogP contribution in [0.25, 0.3) is 0 Å². The summed E-state index contributed by atoms with van der Waals surface area (Å²) in [5.74, 6) is 0.978. The lowest BCUT2D eigenvalue weighted by Crippen LogP contribution is -2.32. The maximum absolute atomic E-state index is 12.9. The minimum Gasteiger partial charge on any atom is -0.485 e. The molecule has 2 atom stereocenters. The van der Waals surface area contributed by atoms with Gasteiger partial charge in [-0.3, -0.25) is 14.6 Å². The number of allylic oxidation sites excluding steroid dienone is 1. The zero-order valence-electron chi connectivity index (χ0n) is 14.8. The Balaban J connectivity index is 1.94. The highest BCUT2D eigenvalue weighted by molar-refractivity contribution is 6.03. The Labute approximate surface area is 143 Å². The SMILES string of the molecule is CC(C)C[C@@H]1C2=C(CC(C)(C)CC2=O)O[C@H]1C(=O)c1ccccn1. The van der Waals surface area contributed by atoms with Gasteiger partial charge in [-0.1, -0.05) is 33.8 Å². The monoisotopic (exact) mass is 327 g/mol. The normalized spacial score (nSPS) is 25.6. The summed E-state index contributed by atoms with van der Waals surface area (Å²) in [6.45, 7) is 8.36. The van der Waals surface area contributed by atoms with Gasteiger partial charge in [0.2, 0.25) is 5.78 Å². The van der Waals surface area contributed by atoms with Gasteiger partial charge in [0.15, 0.2) is 11.9 Å². The number of aromatic nitrogens is 1. The van der Waals surface area contributed by atoms with Crippen molar-refractivity contribution in [1.82, 2.24) is 4.98 Å². The molecule has 1 aliphatic carbocycles. The maximum Gasteiger partial charge on any atom is 0.222 e. The molecule has 24 heavy (non-hydrogen) atoms. The van der Waals surface area contributed by atoms with Gasteiger partial charge in [-0.25, -0.2) is 0 Å². The van der Waals surface area contributed by atoms with Crippen LogP contribution in [0.15, 0.2) is 35.7 Å². The van der Waals surface area contributed by atoms with E-state index in [1.165, 1.54) is 0 Å². The molecule has 0 aromatic carbocycles. The number of rotatable bonds is 4. The largest absolute Gasteiger partial charge is 0.485 e. The van der Waals surface area contributed by atoms with Crippen molar-refractivity contribution in [2.45, 2.75) is 53.1 Å². The van der Waals surface area contributed by atoms with Crippen molar-refractivity contribution in [2.75, 3.05) is 0 Å².